The maximum Gasteiger partial charge on any atom is 0.407 e. The number of hydrogen-bond acceptors (Lipinski definition) is 9. The van der Waals surface area contributed by atoms with Gasteiger partial charge in [0.05, 0.1) is 13.7 Å². The molecule has 2 amide bonds. The van der Waals surface area contributed by atoms with Crippen LogP contribution in [0.3, 0.4) is 0 Å². The molecule has 0 aliphatic heterocycles. The van der Waals surface area contributed by atoms with Crippen LogP contribution in [0.1, 0.15) is 25.8 Å². The van der Waals surface area contributed by atoms with E-state index in [-0.39, 0.29) is 19.4 Å². The second-order valence-corrected chi connectivity index (χ2v) is 9.93. The summed E-state index contributed by atoms with van der Waals surface area (Å²) in [7, 11) is 1.14. The first-order chi connectivity index (χ1) is 19.4. The van der Waals surface area contributed by atoms with Crippen molar-refractivity contribution in [2.24, 2.45) is 5.92 Å². The minimum atomic E-state index is -1.74. The number of carbonyl (C=O) groups is 5. The van der Waals surface area contributed by atoms with Gasteiger partial charge in [-0.2, -0.15) is 0 Å². The zero-order valence-electron chi connectivity index (χ0n) is 22.8. The van der Waals surface area contributed by atoms with Crippen molar-refractivity contribution >= 4 is 41.8 Å². The van der Waals surface area contributed by atoms with Crippen molar-refractivity contribution in [3.8, 4) is 11.1 Å². The summed E-state index contributed by atoms with van der Waals surface area (Å²) >= 11 is 6.05. The number of halogens is 1. The first-order valence-corrected chi connectivity index (χ1v) is 12.9. The number of carboxylic acids is 1. The molecular formula is C28H33ClN2O10. The third-order valence-electron chi connectivity index (χ3n) is 6.29. The molecule has 41 heavy (non-hydrogen) atoms. The Hall–Kier alpha value is -4.00. The zero-order chi connectivity index (χ0) is 30.6. The number of benzene rings is 2. The molecule has 0 saturated carbocycles. The topological polar surface area (TPSA) is 178 Å². The fraction of sp³-hybridized carbons (Fsp3) is 0.393. The van der Waals surface area contributed by atoms with E-state index in [0.717, 1.165) is 18.2 Å². The van der Waals surface area contributed by atoms with Crippen LogP contribution in [0.15, 0.2) is 48.5 Å². The Bertz CT molecular complexity index is 1220. The zero-order valence-corrected chi connectivity index (χ0v) is 23.6. The molecule has 3 unspecified atom stereocenters. The number of aliphatic carboxylic acids is 1. The summed E-state index contributed by atoms with van der Waals surface area (Å²) < 4.78 is 14.7. The number of aldehydes is 1. The van der Waals surface area contributed by atoms with Crippen LogP contribution in [0.25, 0.3) is 11.1 Å². The lowest BCUT2D eigenvalue weighted by molar-refractivity contribution is -0.169. The molecule has 2 aromatic rings. The molecule has 0 aliphatic carbocycles. The fourth-order valence-electron chi connectivity index (χ4n) is 3.79. The number of rotatable bonds is 14. The predicted molar refractivity (Wildman–Crippen MR) is 147 cm³/mol. The normalized spacial score (nSPS) is 13.8. The molecule has 4 N–H and O–H groups in total. The average Bonchev–Trinajstić information content (AvgIpc) is 2.94. The Balaban J connectivity index is 2.01. The number of esters is 1. The lowest BCUT2D eigenvalue weighted by Gasteiger charge is -2.32. The summed E-state index contributed by atoms with van der Waals surface area (Å²) in [6.07, 6.45) is -2.36. The van der Waals surface area contributed by atoms with Crippen molar-refractivity contribution in [1.82, 2.24) is 10.6 Å². The van der Waals surface area contributed by atoms with E-state index in [1.807, 2.05) is 24.3 Å². The molecule has 2 rings (SSSR count). The summed E-state index contributed by atoms with van der Waals surface area (Å²) in [5, 5.41) is 24.7. The summed E-state index contributed by atoms with van der Waals surface area (Å²) in [5.74, 6) is -4.52. The predicted octanol–water partition coefficient (Wildman–Crippen LogP) is 2.34. The highest BCUT2D eigenvalue weighted by atomic mass is 35.5. The van der Waals surface area contributed by atoms with Crippen molar-refractivity contribution in [3.63, 3.8) is 0 Å². The molecule has 0 saturated heterocycles. The van der Waals surface area contributed by atoms with E-state index in [9.17, 15) is 29.1 Å². The highest BCUT2D eigenvalue weighted by Gasteiger charge is 2.36. The molecular weight excluding hydrogens is 560 g/mol. The number of carboxylic acid groups (broad SMARTS) is 1. The number of carbonyl (C=O) groups excluding carboxylic acids is 4. The van der Waals surface area contributed by atoms with Crippen molar-refractivity contribution in [2.45, 2.75) is 44.4 Å². The van der Waals surface area contributed by atoms with Gasteiger partial charge in [0, 0.05) is 17.5 Å². The number of ether oxygens (including phenoxy) is 3. The smallest absolute Gasteiger partial charge is 0.407 e. The number of amides is 2. The Labute approximate surface area is 241 Å². The number of hydrogen-bond donors (Lipinski definition) is 4. The van der Waals surface area contributed by atoms with E-state index in [2.05, 4.69) is 15.4 Å². The van der Waals surface area contributed by atoms with Gasteiger partial charge < -0.3 is 39.9 Å². The largest absolute Gasteiger partial charge is 0.474 e. The van der Waals surface area contributed by atoms with Crippen LogP contribution in [-0.4, -0.2) is 78.6 Å². The molecule has 222 valence electrons. The van der Waals surface area contributed by atoms with Gasteiger partial charge in [0.15, 0.2) is 12.9 Å². The van der Waals surface area contributed by atoms with E-state index in [1.54, 1.807) is 38.1 Å². The van der Waals surface area contributed by atoms with Crippen LogP contribution in [0.4, 0.5) is 4.79 Å². The van der Waals surface area contributed by atoms with Gasteiger partial charge in [0.25, 0.3) is 0 Å². The summed E-state index contributed by atoms with van der Waals surface area (Å²) in [6, 6.07) is 13.5. The molecule has 0 bridgehead atoms. The lowest BCUT2D eigenvalue weighted by atomic mass is 9.89. The number of methoxy groups -OCH3 is 1. The van der Waals surface area contributed by atoms with Gasteiger partial charge >= 0.3 is 23.9 Å². The molecule has 13 heteroatoms. The minimum Gasteiger partial charge on any atom is -0.474 e. The van der Waals surface area contributed by atoms with E-state index >= 15 is 0 Å². The van der Waals surface area contributed by atoms with Gasteiger partial charge in [-0.15, -0.1) is 0 Å². The molecule has 0 aromatic heterocycles. The molecule has 0 heterocycles. The van der Waals surface area contributed by atoms with Crippen LogP contribution >= 0.6 is 11.6 Å². The Morgan fingerprint density at radius 2 is 1.76 bits per heavy atom. The fourth-order valence-corrected chi connectivity index (χ4v) is 3.98. The van der Waals surface area contributed by atoms with Crippen LogP contribution < -0.4 is 10.6 Å². The molecule has 0 fully saturated rings. The standard InChI is InChI=1S/C28H33ClN2O10/c1-17(2)28(14-32,31-27(38)39-3)15-40-16-41-26(37)23(33)13-22(30-24(34)25(35)36)11-18-7-9-19(10-8-18)20-5-4-6-21(29)12-20/h4-10,12,14,17,22-23,33H,11,13,15-16H2,1-3H3,(H,30,34)(H,31,38)(H,35,36). The summed E-state index contributed by atoms with van der Waals surface area (Å²) in [5.41, 5.74) is 1.02. The minimum absolute atomic E-state index is 0.102. The monoisotopic (exact) mass is 592 g/mol. The van der Waals surface area contributed by atoms with Crippen LogP contribution in [0, 0.1) is 5.92 Å². The van der Waals surface area contributed by atoms with E-state index < -0.39 is 54.3 Å². The highest BCUT2D eigenvalue weighted by Crippen LogP contribution is 2.23. The second-order valence-electron chi connectivity index (χ2n) is 9.50. The molecule has 0 radical (unpaired) electrons. The molecule has 2 aromatic carbocycles. The van der Waals surface area contributed by atoms with Gasteiger partial charge in [0.1, 0.15) is 11.8 Å². The maximum absolute atomic E-state index is 12.4. The first-order valence-electron chi connectivity index (χ1n) is 12.5. The van der Waals surface area contributed by atoms with Gasteiger partial charge in [0.2, 0.25) is 0 Å². The Morgan fingerprint density at radius 1 is 1.07 bits per heavy atom. The second kappa shape index (κ2) is 15.7. The highest BCUT2D eigenvalue weighted by molar-refractivity contribution is 6.31. The van der Waals surface area contributed by atoms with Crippen molar-refractivity contribution in [3.05, 3.63) is 59.1 Å². The Kier molecular flexibility index (Phi) is 12.7. The van der Waals surface area contributed by atoms with Crippen molar-refractivity contribution in [2.75, 3.05) is 20.5 Å². The van der Waals surface area contributed by atoms with Gasteiger partial charge in [-0.25, -0.2) is 14.4 Å². The molecule has 3 atom stereocenters. The van der Waals surface area contributed by atoms with Crippen molar-refractivity contribution < 1.29 is 48.4 Å². The van der Waals surface area contributed by atoms with E-state index in [1.165, 1.54) is 0 Å². The average molecular weight is 593 g/mol. The quantitative estimate of drug-likeness (QED) is 0.0836. The number of nitrogens with one attached hydrogen (secondary N) is 2. The van der Waals surface area contributed by atoms with E-state index in [4.69, 9.17) is 26.2 Å². The van der Waals surface area contributed by atoms with Crippen LogP contribution in [0.2, 0.25) is 5.02 Å². The van der Waals surface area contributed by atoms with Gasteiger partial charge in [-0.3, -0.25) is 4.79 Å². The summed E-state index contributed by atoms with van der Waals surface area (Å²) in [4.78, 5) is 58.6. The van der Waals surface area contributed by atoms with Crippen LogP contribution in [-0.2, 0) is 39.8 Å². The first kappa shape index (κ1) is 33.2. The SMILES string of the molecule is COC(=O)NC(C=O)(COCOC(=O)C(O)CC(Cc1ccc(-c2cccc(Cl)c2)cc1)NC(=O)C(=O)O)C(C)C. The third kappa shape index (κ3) is 10.2. The van der Waals surface area contributed by atoms with Gasteiger partial charge in [-0.1, -0.05) is 61.8 Å². The molecule has 0 aliphatic rings. The Morgan fingerprint density at radius 3 is 2.32 bits per heavy atom. The van der Waals surface area contributed by atoms with E-state index in [0.29, 0.717) is 16.9 Å². The lowest BCUT2D eigenvalue weighted by Crippen LogP contribution is -2.57. The number of aliphatic hydroxyl groups is 1. The number of alkyl carbamates (subject to hydrolysis) is 1. The third-order valence-corrected chi connectivity index (χ3v) is 6.52. The number of aliphatic hydroxyl groups excluding tert-OH is 1. The van der Waals surface area contributed by atoms with Crippen LogP contribution in [0.5, 0.6) is 0 Å². The maximum atomic E-state index is 12.4. The summed E-state index contributed by atoms with van der Waals surface area (Å²) in [6.45, 7) is 2.33. The van der Waals surface area contributed by atoms with Gasteiger partial charge in [-0.05, 0) is 41.2 Å². The van der Waals surface area contributed by atoms with Crippen molar-refractivity contribution in [1.29, 1.82) is 0 Å². The molecule has 12 nitrogen and oxygen atoms in total. The molecule has 0 spiro atoms.